The second-order valence-corrected chi connectivity index (χ2v) is 6.99. The van der Waals surface area contributed by atoms with Crippen molar-refractivity contribution < 1.29 is 18.7 Å². The minimum atomic E-state index is -0.519. The topological polar surface area (TPSA) is 71.5 Å². The number of pyridine rings is 1. The molecule has 31 heavy (non-hydrogen) atoms. The molecule has 0 atom stereocenters. The van der Waals surface area contributed by atoms with Crippen LogP contribution in [0.3, 0.4) is 0 Å². The molecule has 0 bridgehead atoms. The number of hydrogen-bond donors (Lipinski definition) is 1. The van der Waals surface area contributed by atoms with Crippen LogP contribution in [0.2, 0.25) is 0 Å². The summed E-state index contributed by atoms with van der Waals surface area (Å²) in [5, 5.41) is 2.79. The Morgan fingerprint density at radius 1 is 1.03 bits per heavy atom. The lowest BCUT2D eigenvalue weighted by molar-refractivity contribution is -0.117. The number of nitrogens with zero attached hydrogens (tertiary/aromatic N) is 2. The predicted octanol–water partition coefficient (Wildman–Crippen LogP) is 3.69. The van der Waals surface area contributed by atoms with E-state index in [2.05, 4.69) is 10.3 Å². The Labute approximate surface area is 180 Å². The van der Waals surface area contributed by atoms with Gasteiger partial charge in [-0.3, -0.25) is 14.7 Å². The number of para-hydroxylation sites is 1. The number of esters is 1. The van der Waals surface area contributed by atoms with Crippen LogP contribution in [0.25, 0.3) is 0 Å². The molecular formula is C24H24FN3O3. The molecule has 0 saturated heterocycles. The summed E-state index contributed by atoms with van der Waals surface area (Å²) in [6, 6.07) is 18.6. The highest BCUT2D eigenvalue weighted by Gasteiger charge is 2.16. The second kappa shape index (κ2) is 11.0. The zero-order chi connectivity index (χ0) is 22.1. The highest BCUT2D eigenvalue weighted by Crippen LogP contribution is 2.16. The molecule has 3 rings (SSSR count). The summed E-state index contributed by atoms with van der Waals surface area (Å²) < 4.78 is 18.0. The van der Waals surface area contributed by atoms with Gasteiger partial charge in [-0.05, 0) is 42.0 Å². The molecular weight excluding hydrogens is 397 g/mol. The van der Waals surface area contributed by atoms with Crippen molar-refractivity contribution in [1.29, 1.82) is 0 Å². The maximum Gasteiger partial charge on any atom is 0.339 e. The number of halogens is 1. The van der Waals surface area contributed by atoms with Gasteiger partial charge >= 0.3 is 5.97 Å². The van der Waals surface area contributed by atoms with Gasteiger partial charge in [-0.15, -0.1) is 0 Å². The Morgan fingerprint density at radius 2 is 1.77 bits per heavy atom. The Kier molecular flexibility index (Phi) is 7.84. The van der Waals surface area contributed by atoms with Crippen LogP contribution in [0.4, 0.5) is 10.1 Å². The van der Waals surface area contributed by atoms with E-state index in [-0.39, 0.29) is 23.8 Å². The number of ether oxygens (including phenoxy) is 1. The second-order valence-electron chi connectivity index (χ2n) is 6.99. The Balaban J connectivity index is 1.70. The summed E-state index contributed by atoms with van der Waals surface area (Å²) in [5.41, 5.74) is 2.50. The summed E-state index contributed by atoms with van der Waals surface area (Å²) >= 11 is 0. The van der Waals surface area contributed by atoms with Gasteiger partial charge in [0.1, 0.15) is 5.82 Å². The van der Waals surface area contributed by atoms with Gasteiger partial charge in [0.15, 0.2) is 0 Å². The summed E-state index contributed by atoms with van der Waals surface area (Å²) in [4.78, 5) is 31.0. The van der Waals surface area contributed by atoms with Gasteiger partial charge in [0.2, 0.25) is 5.91 Å². The van der Waals surface area contributed by atoms with Gasteiger partial charge < -0.3 is 10.1 Å². The molecule has 0 aliphatic carbocycles. The first-order chi connectivity index (χ1) is 15.0. The normalized spacial score (nSPS) is 10.7. The summed E-state index contributed by atoms with van der Waals surface area (Å²) in [6.45, 7) is 1.15. The van der Waals surface area contributed by atoms with Gasteiger partial charge in [0.25, 0.3) is 0 Å². The van der Waals surface area contributed by atoms with E-state index in [0.717, 1.165) is 11.3 Å². The third-order valence-electron chi connectivity index (χ3n) is 4.70. The van der Waals surface area contributed by atoms with Crippen LogP contribution in [0.5, 0.6) is 0 Å². The van der Waals surface area contributed by atoms with Gasteiger partial charge in [-0.2, -0.15) is 0 Å². The molecule has 3 aromatic rings. The third-order valence-corrected chi connectivity index (χ3v) is 4.70. The van der Waals surface area contributed by atoms with E-state index in [1.165, 1.54) is 19.2 Å². The quantitative estimate of drug-likeness (QED) is 0.534. The van der Waals surface area contributed by atoms with Crippen molar-refractivity contribution in [2.45, 2.75) is 13.0 Å². The predicted molar refractivity (Wildman–Crippen MR) is 116 cm³/mol. The van der Waals surface area contributed by atoms with E-state index in [1.807, 2.05) is 23.1 Å². The number of anilines is 1. The smallest absolute Gasteiger partial charge is 0.339 e. The number of carbonyl (C=O) groups is 2. The number of amides is 1. The molecule has 0 radical (unpaired) electrons. The first kappa shape index (κ1) is 22.1. The van der Waals surface area contributed by atoms with E-state index in [4.69, 9.17) is 4.74 Å². The number of hydrogen-bond acceptors (Lipinski definition) is 5. The average Bonchev–Trinajstić information content (AvgIpc) is 2.79. The van der Waals surface area contributed by atoms with Gasteiger partial charge in [0, 0.05) is 31.4 Å². The van der Waals surface area contributed by atoms with Crippen molar-refractivity contribution in [3.63, 3.8) is 0 Å². The molecule has 1 aromatic heterocycles. The monoisotopic (exact) mass is 421 g/mol. The number of benzene rings is 2. The van der Waals surface area contributed by atoms with Crippen molar-refractivity contribution in [2.24, 2.45) is 0 Å². The zero-order valence-corrected chi connectivity index (χ0v) is 17.3. The number of nitrogens with one attached hydrogen (secondary N) is 1. The molecule has 1 heterocycles. The number of aromatic nitrogens is 1. The molecule has 0 aliphatic rings. The fraction of sp³-hybridized carbons (Fsp3) is 0.208. The zero-order valence-electron chi connectivity index (χ0n) is 17.3. The van der Waals surface area contributed by atoms with Crippen molar-refractivity contribution >= 4 is 17.6 Å². The minimum absolute atomic E-state index is 0.0969. The van der Waals surface area contributed by atoms with Crippen molar-refractivity contribution in [1.82, 2.24) is 9.88 Å². The molecule has 7 heteroatoms. The first-order valence-electron chi connectivity index (χ1n) is 9.89. The maximum atomic E-state index is 13.3. The van der Waals surface area contributed by atoms with Crippen molar-refractivity contribution in [3.05, 3.63) is 95.6 Å². The summed E-state index contributed by atoms with van der Waals surface area (Å²) in [6.07, 6.45) is 2.39. The van der Waals surface area contributed by atoms with Gasteiger partial charge in [-0.1, -0.05) is 30.3 Å². The van der Waals surface area contributed by atoms with E-state index < -0.39 is 5.97 Å². The first-order valence-corrected chi connectivity index (χ1v) is 9.89. The molecule has 0 fully saturated rings. The van der Waals surface area contributed by atoms with E-state index in [0.29, 0.717) is 25.2 Å². The molecule has 0 unspecified atom stereocenters. The third kappa shape index (κ3) is 6.72. The van der Waals surface area contributed by atoms with Gasteiger partial charge in [0.05, 0.1) is 24.9 Å². The lowest BCUT2D eigenvalue weighted by Gasteiger charge is -2.22. The van der Waals surface area contributed by atoms with E-state index in [1.54, 1.807) is 42.6 Å². The SMILES string of the molecule is COC(=O)c1ccccc1NC(=O)CN(CCc1ccccn1)Cc1ccc(F)cc1. The molecule has 0 aliphatic heterocycles. The van der Waals surface area contributed by atoms with Crippen LogP contribution in [-0.4, -0.2) is 42.0 Å². The van der Waals surface area contributed by atoms with Crippen LogP contribution in [-0.2, 0) is 22.5 Å². The van der Waals surface area contributed by atoms with Crippen LogP contribution < -0.4 is 5.32 Å². The Bertz CT molecular complexity index is 1010. The van der Waals surface area contributed by atoms with Crippen molar-refractivity contribution in [2.75, 3.05) is 25.5 Å². The Hall–Kier alpha value is -3.58. The fourth-order valence-corrected chi connectivity index (χ4v) is 3.15. The number of methoxy groups -OCH3 is 1. The molecule has 160 valence electrons. The maximum absolute atomic E-state index is 13.3. The number of rotatable bonds is 9. The molecule has 1 amide bonds. The molecule has 0 saturated carbocycles. The summed E-state index contributed by atoms with van der Waals surface area (Å²) in [5.74, 6) is -1.09. The average molecular weight is 421 g/mol. The largest absolute Gasteiger partial charge is 0.465 e. The van der Waals surface area contributed by atoms with E-state index >= 15 is 0 Å². The van der Waals surface area contributed by atoms with Gasteiger partial charge in [-0.25, -0.2) is 9.18 Å². The van der Waals surface area contributed by atoms with Crippen LogP contribution in [0.1, 0.15) is 21.6 Å². The molecule has 0 spiro atoms. The van der Waals surface area contributed by atoms with Crippen LogP contribution in [0, 0.1) is 5.82 Å². The standard InChI is InChI=1S/C24H24FN3O3/c1-31-24(30)21-7-2-3-8-22(21)27-23(29)17-28(15-13-20-6-4-5-14-26-20)16-18-9-11-19(25)12-10-18/h2-12,14H,13,15-17H2,1H3,(H,27,29). The Morgan fingerprint density at radius 3 is 2.48 bits per heavy atom. The summed E-state index contributed by atoms with van der Waals surface area (Å²) in [7, 11) is 1.29. The minimum Gasteiger partial charge on any atom is -0.465 e. The van der Waals surface area contributed by atoms with Crippen LogP contribution in [0.15, 0.2) is 72.9 Å². The molecule has 2 aromatic carbocycles. The lowest BCUT2D eigenvalue weighted by atomic mass is 10.1. The highest BCUT2D eigenvalue weighted by molar-refractivity contribution is 6.01. The fourth-order valence-electron chi connectivity index (χ4n) is 3.15. The van der Waals surface area contributed by atoms with Crippen molar-refractivity contribution in [3.8, 4) is 0 Å². The van der Waals surface area contributed by atoms with E-state index in [9.17, 15) is 14.0 Å². The number of carbonyl (C=O) groups excluding carboxylic acids is 2. The van der Waals surface area contributed by atoms with Crippen LogP contribution >= 0.6 is 0 Å². The lowest BCUT2D eigenvalue weighted by Crippen LogP contribution is -2.34. The molecule has 6 nitrogen and oxygen atoms in total. The molecule has 1 N–H and O–H groups in total. The highest BCUT2D eigenvalue weighted by atomic mass is 19.1.